The number of carboxylic acids is 1. The van der Waals surface area contributed by atoms with E-state index in [-0.39, 0.29) is 47.8 Å². The fourth-order valence-electron chi connectivity index (χ4n) is 11.1. The average Bonchev–Trinajstić information content (AvgIpc) is 1.54. The van der Waals surface area contributed by atoms with Crippen LogP contribution >= 0.6 is 0 Å². The van der Waals surface area contributed by atoms with Crippen LogP contribution in [0.1, 0.15) is 121 Å². The fourth-order valence-corrected chi connectivity index (χ4v) is 12.5. The molecule has 0 radical (unpaired) electrons. The molecule has 42 heteroatoms. The smallest absolute Gasteiger partial charge is 0.425 e. The number of allylic oxidation sites excluding steroid dienone is 4. The highest BCUT2D eigenvalue weighted by Crippen LogP contribution is 2.54. The summed E-state index contributed by atoms with van der Waals surface area (Å²) in [5, 5.41) is 21.9. The molecule has 6 aromatic rings. The molecule has 4 aromatic carbocycles. The van der Waals surface area contributed by atoms with Crippen molar-refractivity contribution in [1.29, 1.82) is 0 Å². The van der Waals surface area contributed by atoms with Crippen molar-refractivity contribution in [2.24, 2.45) is 0 Å². The van der Waals surface area contributed by atoms with Crippen LogP contribution in [0, 0.1) is 0 Å². The molecule has 0 aliphatic carbocycles. The van der Waals surface area contributed by atoms with Crippen molar-refractivity contribution < 1.29 is 123 Å². The molecule has 2 aliphatic rings. The Hall–Kier alpha value is -9.79. The number of nitrogens with zero attached hydrogens (tertiary/aromatic N) is 4. The van der Waals surface area contributed by atoms with Gasteiger partial charge in [-0.2, -0.15) is 21.4 Å². The summed E-state index contributed by atoms with van der Waals surface area (Å²) in [7, 11) is -26.4. The number of carboxylic acid groups (broad SMARTS) is 1. The van der Waals surface area contributed by atoms with E-state index >= 15 is 0 Å². The standard InChI is InChI=1S/C60H66N8O15S3.4O3S/c1-8-24-67-50(60(6,7)45-34-42(39-20-19-37(86(81,82)83)32-43(39)54(45)67)36-30-48(57(73)63-22-21-52(69)70)66-49(31-36)58(74)64-23-27-85(78,79)80)17-13-18-51-59(4,5)44-33-41(35-28-46(55(71)61-9-2)65-47(29-35)56(72)62-10-3)38-15-11-12-16-40(38)53(44)68(51)25-14-26-84(75,76)77;4*1-4(2)3/h11-13,15-20,28-34H,8-10,14,21-27H2,1-7H3,(H7-,61,62,63,64,69,70,71,72,73,74,75,76,77,78,79,80,81,82,83);;;;. The van der Waals surface area contributed by atoms with Crippen LogP contribution in [0.2, 0.25) is 0 Å². The fraction of sp³-hybridized carbons (Fsp3) is 0.333. The van der Waals surface area contributed by atoms with E-state index in [0.29, 0.717) is 64.8 Å². The predicted octanol–water partition coefficient (Wildman–Crippen LogP) is 2.63. The Labute approximate surface area is 589 Å². The maximum atomic E-state index is 13.7. The number of anilines is 1. The minimum absolute atomic E-state index is 0.0321. The highest BCUT2D eigenvalue weighted by Gasteiger charge is 2.47. The summed E-state index contributed by atoms with van der Waals surface area (Å²) >= 11 is 0. The maximum absolute atomic E-state index is 13.7. The van der Waals surface area contributed by atoms with Crippen LogP contribution in [0.15, 0.2) is 108 Å². The Morgan fingerprint density at radius 2 is 1.02 bits per heavy atom. The molecule has 0 saturated heterocycles. The van der Waals surface area contributed by atoms with E-state index in [9.17, 15) is 68.0 Å². The third-order valence-corrected chi connectivity index (χ3v) is 17.4. The zero-order chi connectivity index (χ0) is 77.2. The summed E-state index contributed by atoms with van der Waals surface area (Å²) < 4.78 is 208. The molecule has 0 spiro atoms. The van der Waals surface area contributed by atoms with E-state index in [1.807, 2.05) is 98.7 Å². The molecule has 7 N–H and O–H groups in total. The Bertz CT molecular complexity index is 5110. The Balaban J connectivity index is 0.00000125. The number of pyridine rings is 2. The van der Waals surface area contributed by atoms with Gasteiger partial charge in [0, 0.05) is 73.0 Å². The lowest BCUT2D eigenvalue weighted by Gasteiger charge is -2.27. The van der Waals surface area contributed by atoms with E-state index in [0.717, 1.165) is 33.4 Å². The molecule has 2 aliphatic heterocycles. The molecule has 0 atom stereocenters. The monoisotopic (exact) mass is 1550 g/mol. The Kier molecular flexibility index (Phi) is 30.0. The van der Waals surface area contributed by atoms with Gasteiger partial charge in [-0.3, -0.25) is 33.1 Å². The van der Waals surface area contributed by atoms with Crippen LogP contribution in [-0.2, 0) is 88.4 Å². The van der Waals surface area contributed by atoms with Crippen molar-refractivity contribution in [3.05, 3.63) is 137 Å². The molecule has 4 heterocycles. The number of carbonyl (C=O) groups is 5. The first-order valence-electron chi connectivity index (χ1n) is 29.6. The van der Waals surface area contributed by atoms with Crippen molar-refractivity contribution in [2.75, 3.05) is 55.7 Å². The largest absolute Gasteiger partial charge is 0.748 e. The van der Waals surface area contributed by atoms with Gasteiger partial charge in [-0.15, -0.1) is 50.5 Å². The summed E-state index contributed by atoms with van der Waals surface area (Å²) in [5.41, 5.74) is 3.59. The second-order valence-corrected chi connectivity index (χ2v) is 28.7. The molecular weight excluding hydrogens is 1490 g/mol. The third kappa shape index (κ3) is 23.4. The average molecular weight is 1560 g/mol. The molecule has 35 nitrogen and oxygen atoms in total. The molecule has 8 rings (SSSR count). The van der Waals surface area contributed by atoms with E-state index in [2.05, 4.69) is 31.2 Å². The van der Waals surface area contributed by atoms with Crippen molar-refractivity contribution in [3.8, 4) is 22.3 Å². The van der Waals surface area contributed by atoms with Gasteiger partial charge in [0.2, 0.25) is 5.69 Å². The first-order valence-corrected chi connectivity index (χ1v) is 38.3. The number of aliphatic carboxylic acids is 1. The van der Waals surface area contributed by atoms with Crippen molar-refractivity contribution in [1.82, 2.24) is 31.2 Å². The maximum Gasteiger partial charge on any atom is 0.425 e. The first-order chi connectivity index (χ1) is 47.3. The van der Waals surface area contributed by atoms with Gasteiger partial charge >= 0.3 is 48.4 Å². The van der Waals surface area contributed by atoms with Gasteiger partial charge in [-0.25, -0.2) is 18.4 Å². The summed E-state index contributed by atoms with van der Waals surface area (Å²) in [6, 6.07) is 21.4. The van der Waals surface area contributed by atoms with Gasteiger partial charge in [0.1, 0.15) is 29.3 Å². The highest BCUT2D eigenvalue weighted by atomic mass is 32.2. The number of hydrogen-bond donors (Lipinski definition) is 7. The summed E-state index contributed by atoms with van der Waals surface area (Å²) in [4.78, 5) is 75.7. The third-order valence-electron chi connectivity index (χ3n) is 15.0. The topological polar surface area (TPSA) is 557 Å². The second-order valence-electron chi connectivity index (χ2n) is 22.6. The molecule has 4 amide bonds. The van der Waals surface area contributed by atoms with Crippen molar-refractivity contribution in [2.45, 2.75) is 83.5 Å². The zero-order valence-electron chi connectivity index (χ0n) is 54.8. The minimum atomic E-state index is -4.81. The van der Waals surface area contributed by atoms with Crippen LogP contribution in [0.3, 0.4) is 0 Å². The number of hydrogen-bond acceptors (Lipinski definition) is 27. The number of amides is 4. The van der Waals surface area contributed by atoms with Gasteiger partial charge in [0.25, 0.3) is 43.9 Å². The van der Waals surface area contributed by atoms with Gasteiger partial charge in [0.05, 0.1) is 43.7 Å². The molecule has 0 fully saturated rings. The van der Waals surface area contributed by atoms with Crippen LogP contribution in [0.25, 0.3) is 43.8 Å². The Morgan fingerprint density at radius 1 is 0.578 bits per heavy atom. The normalized spacial score (nSPS) is 13.7. The molecule has 0 saturated carbocycles. The number of rotatable bonds is 23. The van der Waals surface area contributed by atoms with E-state index in [1.165, 1.54) is 30.3 Å². The number of aromatic nitrogens is 2. The molecule has 0 unspecified atom stereocenters. The van der Waals surface area contributed by atoms with Crippen LogP contribution < -0.4 is 26.2 Å². The van der Waals surface area contributed by atoms with Gasteiger partial charge in [-0.05, 0) is 133 Å². The predicted molar refractivity (Wildman–Crippen MR) is 362 cm³/mol. The van der Waals surface area contributed by atoms with Crippen molar-refractivity contribution in [3.63, 3.8) is 0 Å². The van der Waals surface area contributed by atoms with Gasteiger partial charge in [-0.1, -0.05) is 51.1 Å². The van der Waals surface area contributed by atoms with Crippen LogP contribution in [0.4, 0.5) is 11.4 Å². The lowest BCUT2D eigenvalue weighted by molar-refractivity contribution is -0.435. The first kappa shape index (κ1) is 84.6. The molecule has 0 bridgehead atoms. The number of nitrogens with one attached hydrogen (secondary N) is 4. The lowest BCUT2D eigenvalue weighted by Crippen LogP contribution is -2.31. The Morgan fingerprint density at radius 3 is 1.45 bits per heavy atom. The second kappa shape index (κ2) is 36.2. The number of fused-ring (bicyclic) bond motifs is 6. The number of benzene rings is 4. The minimum Gasteiger partial charge on any atom is -0.748 e. The van der Waals surface area contributed by atoms with Crippen LogP contribution in [0.5, 0.6) is 0 Å². The van der Waals surface area contributed by atoms with Gasteiger partial charge < -0.3 is 35.8 Å². The van der Waals surface area contributed by atoms with Crippen LogP contribution in [-0.4, -0.2) is 195 Å². The molecule has 102 heavy (non-hydrogen) atoms. The zero-order valence-corrected chi connectivity index (χ0v) is 60.5. The molecule has 550 valence electrons. The molecule has 2 aromatic heterocycles. The summed E-state index contributed by atoms with van der Waals surface area (Å²) in [6.45, 7) is 13.7. The number of carbonyl (C=O) groups excluding carboxylic acids is 4. The molecular formula is C60H66N8O27S7. The summed E-state index contributed by atoms with van der Waals surface area (Å²) in [5.74, 6) is -5.40. The highest BCUT2D eigenvalue weighted by molar-refractivity contribution is 7.86. The van der Waals surface area contributed by atoms with Crippen molar-refractivity contribution >= 4 is 141 Å². The van der Waals surface area contributed by atoms with E-state index in [4.69, 9.17) is 50.5 Å². The SMILES string of the molecule is CCCN1/C(=C/C=C/C2=[N+](CCCS(=O)(=O)[O-])c3c(cc(-c4cc(C(=O)NCC)nc(C(=O)NCC)c4)c4ccccc34)C2(C)C)C(C)(C)c2cc(-c3cc(C(=O)NCCC(=O)O)nc(C(=O)NCCS(=O)(=O)O)c3)c3ccc(S(=O)(=O)O)cc3c21.O=S(=O)=O.O=S(=O)=O.O=S(=O)=O.O=S(=O)=O. The van der Waals surface area contributed by atoms with Gasteiger partial charge in [0.15, 0.2) is 5.71 Å². The summed E-state index contributed by atoms with van der Waals surface area (Å²) in [6.07, 6.45) is 5.78. The lowest BCUT2D eigenvalue weighted by atomic mass is 9.79. The van der Waals surface area contributed by atoms with E-state index < -0.39 is 143 Å². The quantitative estimate of drug-likeness (QED) is 0.0358. The van der Waals surface area contributed by atoms with E-state index in [1.54, 1.807) is 26.0 Å².